The van der Waals surface area contributed by atoms with Crippen molar-refractivity contribution in [3.63, 3.8) is 0 Å². The number of rotatable bonds is 7. The van der Waals surface area contributed by atoms with E-state index in [-0.39, 0.29) is 39.7 Å². The lowest BCUT2D eigenvalue weighted by Crippen LogP contribution is -2.31. The number of hydrogen-bond donors (Lipinski definition) is 1. The summed E-state index contributed by atoms with van der Waals surface area (Å²) >= 11 is 1.12. The summed E-state index contributed by atoms with van der Waals surface area (Å²) in [4.78, 5) is 41.0. The lowest BCUT2D eigenvalue weighted by molar-refractivity contribution is -0.137. The Labute approximate surface area is 253 Å². The highest BCUT2D eigenvalue weighted by atomic mass is 32.2. The molecule has 0 bridgehead atoms. The average molecular weight is 627 g/mol. The topological polar surface area (TPSA) is 109 Å². The van der Waals surface area contributed by atoms with Gasteiger partial charge in [0.2, 0.25) is 5.91 Å². The summed E-state index contributed by atoms with van der Waals surface area (Å²) in [5.41, 5.74) is 1.66. The third-order valence-corrected chi connectivity index (χ3v) is 7.50. The van der Waals surface area contributed by atoms with Gasteiger partial charge in [0.1, 0.15) is 12.1 Å². The summed E-state index contributed by atoms with van der Waals surface area (Å²) in [6, 6.07) is 10.8. The standard InChI is InChI=1S/C29H26F4N8O2S/c1-4-5-17-6-9-20(39(2)3)13-23(17)41-25(42)15-44-28(41)37-27(43)36-22-10-7-18(12-21(22)30)26-35-16-40(38-26)24-11-8-19(14-34-24)29(31,32)33/h6-14,16H,4-5,15H2,1-3H3,(H,36,43)/b37-28-. The van der Waals surface area contributed by atoms with Gasteiger partial charge in [-0.2, -0.15) is 18.2 Å². The smallest absolute Gasteiger partial charge is 0.378 e. The van der Waals surface area contributed by atoms with E-state index < -0.39 is 23.6 Å². The number of aliphatic imine (C=N–C) groups is 1. The first kappa shape index (κ1) is 30.7. The molecule has 1 aliphatic heterocycles. The molecule has 5 rings (SSSR count). The zero-order valence-corrected chi connectivity index (χ0v) is 24.6. The second-order valence-corrected chi connectivity index (χ2v) is 10.9. The molecule has 0 atom stereocenters. The highest BCUT2D eigenvalue weighted by molar-refractivity contribution is 8.15. The highest BCUT2D eigenvalue weighted by Crippen LogP contribution is 2.34. The first-order chi connectivity index (χ1) is 20.9. The van der Waals surface area contributed by atoms with Crippen LogP contribution in [0.3, 0.4) is 0 Å². The van der Waals surface area contributed by atoms with Crippen molar-refractivity contribution in [2.24, 2.45) is 4.99 Å². The molecule has 10 nitrogen and oxygen atoms in total. The molecule has 15 heteroatoms. The molecule has 1 fully saturated rings. The van der Waals surface area contributed by atoms with E-state index in [0.717, 1.165) is 58.7 Å². The lowest BCUT2D eigenvalue weighted by Gasteiger charge is -2.22. The predicted octanol–water partition coefficient (Wildman–Crippen LogP) is 6.17. The number of amides is 3. The highest BCUT2D eigenvalue weighted by Gasteiger charge is 2.33. The van der Waals surface area contributed by atoms with Crippen molar-refractivity contribution >= 4 is 45.9 Å². The van der Waals surface area contributed by atoms with Crippen LogP contribution in [-0.4, -0.2) is 56.7 Å². The molecule has 228 valence electrons. The number of hydrogen-bond acceptors (Lipinski definition) is 7. The molecule has 4 aromatic rings. The molecule has 0 unspecified atom stereocenters. The van der Waals surface area contributed by atoms with Crippen LogP contribution in [0, 0.1) is 5.82 Å². The largest absolute Gasteiger partial charge is 0.417 e. The SMILES string of the molecule is CCCc1ccc(N(C)C)cc1N1C(=O)CS/C1=N\C(=O)Nc1ccc(-c2ncn(-c3ccc(C(F)(F)F)cn3)n2)cc1F. The molecular formula is C29H26F4N8O2S. The molecule has 2 aromatic heterocycles. The number of halogens is 4. The van der Waals surface area contributed by atoms with Crippen molar-refractivity contribution in [3.05, 3.63) is 78.0 Å². The first-order valence-corrected chi connectivity index (χ1v) is 14.3. The van der Waals surface area contributed by atoms with Gasteiger partial charge < -0.3 is 10.2 Å². The quantitative estimate of drug-likeness (QED) is 0.244. The average Bonchev–Trinajstić information content (AvgIpc) is 3.61. The van der Waals surface area contributed by atoms with Gasteiger partial charge in [-0.05, 0) is 54.4 Å². The van der Waals surface area contributed by atoms with Gasteiger partial charge in [0.15, 0.2) is 16.8 Å². The molecule has 3 amide bonds. The van der Waals surface area contributed by atoms with Crippen molar-refractivity contribution in [2.45, 2.75) is 25.9 Å². The lowest BCUT2D eigenvalue weighted by atomic mass is 10.1. The Morgan fingerprint density at radius 3 is 2.57 bits per heavy atom. The van der Waals surface area contributed by atoms with Crippen LogP contribution in [0.15, 0.2) is 66.0 Å². The van der Waals surface area contributed by atoms with Crippen molar-refractivity contribution < 1.29 is 27.2 Å². The minimum atomic E-state index is -4.53. The van der Waals surface area contributed by atoms with Crippen molar-refractivity contribution in [2.75, 3.05) is 35.0 Å². The molecule has 0 aliphatic carbocycles. The van der Waals surface area contributed by atoms with Gasteiger partial charge in [-0.1, -0.05) is 31.2 Å². The maximum absolute atomic E-state index is 15.0. The fourth-order valence-electron chi connectivity index (χ4n) is 4.38. The van der Waals surface area contributed by atoms with Crippen molar-refractivity contribution in [1.29, 1.82) is 0 Å². The van der Waals surface area contributed by atoms with Crippen molar-refractivity contribution in [3.8, 4) is 17.2 Å². The van der Waals surface area contributed by atoms with Gasteiger partial charge in [0.25, 0.3) is 0 Å². The Morgan fingerprint density at radius 2 is 1.91 bits per heavy atom. The molecule has 0 spiro atoms. The summed E-state index contributed by atoms with van der Waals surface area (Å²) in [5.74, 6) is -0.732. The van der Waals surface area contributed by atoms with E-state index in [1.54, 1.807) is 0 Å². The van der Waals surface area contributed by atoms with Gasteiger partial charge in [0, 0.05) is 31.5 Å². The van der Waals surface area contributed by atoms with Crippen LogP contribution in [0.2, 0.25) is 0 Å². The van der Waals surface area contributed by atoms with Crippen LogP contribution < -0.4 is 15.1 Å². The van der Waals surface area contributed by atoms with Crippen LogP contribution in [0.25, 0.3) is 17.2 Å². The number of alkyl halides is 3. The van der Waals surface area contributed by atoms with E-state index in [9.17, 15) is 22.8 Å². The van der Waals surface area contributed by atoms with Gasteiger partial charge in [0.05, 0.1) is 22.7 Å². The zero-order chi connectivity index (χ0) is 31.6. The third kappa shape index (κ3) is 6.56. The summed E-state index contributed by atoms with van der Waals surface area (Å²) < 4.78 is 54.6. The van der Waals surface area contributed by atoms with Crippen LogP contribution in [-0.2, 0) is 17.4 Å². The number of benzene rings is 2. The molecule has 1 saturated heterocycles. The van der Waals surface area contributed by atoms with E-state index in [0.29, 0.717) is 11.9 Å². The maximum atomic E-state index is 15.0. The second kappa shape index (κ2) is 12.4. The summed E-state index contributed by atoms with van der Waals surface area (Å²) in [6.45, 7) is 2.03. The molecule has 0 saturated carbocycles. The number of urea groups is 1. The van der Waals surface area contributed by atoms with E-state index in [1.807, 2.05) is 44.1 Å². The summed E-state index contributed by atoms with van der Waals surface area (Å²) in [6.07, 6.45) is -1.03. The summed E-state index contributed by atoms with van der Waals surface area (Å²) in [7, 11) is 3.78. The normalized spacial score (nSPS) is 14.4. The molecule has 1 aliphatic rings. The first-order valence-electron chi connectivity index (χ1n) is 13.4. The monoisotopic (exact) mass is 626 g/mol. The fraction of sp³-hybridized carbons (Fsp3) is 0.241. The molecule has 2 aromatic carbocycles. The molecular weight excluding hydrogens is 600 g/mol. The van der Waals surface area contributed by atoms with Crippen molar-refractivity contribution in [1.82, 2.24) is 19.7 Å². The number of amidine groups is 1. The van der Waals surface area contributed by atoms with E-state index in [4.69, 9.17) is 0 Å². The van der Waals surface area contributed by atoms with Gasteiger partial charge in [-0.3, -0.25) is 9.69 Å². The van der Waals surface area contributed by atoms with Crippen LogP contribution in [0.4, 0.5) is 39.4 Å². The zero-order valence-electron chi connectivity index (χ0n) is 23.8. The minimum Gasteiger partial charge on any atom is -0.378 e. The minimum absolute atomic E-state index is 0.0862. The van der Waals surface area contributed by atoms with E-state index in [1.165, 1.54) is 23.4 Å². The Hall–Kier alpha value is -4.79. The number of carbonyl (C=O) groups excluding carboxylic acids is 2. The number of carbonyl (C=O) groups is 2. The summed E-state index contributed by atoms with van der Waals surface area (Å²) in [5, 5.41) is 6.76. The molecule has 44 heavy (non-hydrogen) atoms. The van der Waals surface area contributed by atoms with Crippen LogP contribution in [0.5, 0.6) is 0 Å². The maximum Gasteiger partial charge on any atom is 0.417 e. The predicted molar refractivity (Wildman–Crippen MR) is 161 cm³/mol. The Morgan fingerprint density at radius 1 is 1.11 bits per heavy atom. The van der Waals surface area contributed by atoms with Gasteiger partial charge in [-0.15, -0.1) is 5.10 Å². The Bertz CT molecular complexity index is 1740. The second-order valence-electron chi connectivity index (χ2n) is 9.91. The number of pyridine rings is 1. The van der Waals surface area contributed by atoms with E-state index >= 15 is 4.39 Å². The van der Waals surface area contributed by atoms with Crippen LogP contribution in [0.1, 0.15) is 24.5 Å². The number of nitrogens with one attached hydrogen (secondary N) is 1. The number of aryl methyl sites for hydroxylation is 1. The van der Waals surface area contributed by atoms with Crippen LogP contribution >= 0.6 is 11.8 Å². The van der Waals surface area contributed by atoms with Gasteiger partial charge >= 0.3 is 12.2 Å². The Kier molecular flexibility index (Phi) is 8.67. The number of nitrogens with zero attached hydrogens (tertiary/aromatic N) is 7. The van der Waals surface area contributed by atoms with E-state index in [2.05, 4.69) is 25.4 Å². The third-order valence-electron chi connectivity index (χ3n) is 6.58. The fourth-order valence-corrected chi connectivity index (χ4v) is 5.24. The number of aromatic nitrogens is 4. The number of anilines is 3. The Balaban J connectivity index is 1.33. The molecule has 3 heterocycles. The molecule has 1 N–H and O–H groups in total. The number of thioether (sulfide) groups is 1. The van der Waals surface area contributed by atoms with Gasteiger partial charge in [-0.25, -0.2) is 23.8 Å². The molecule has 0 radical (unpaired) electrons.